The van der Waals surface area contributed by atoms with E-state index in [4.69, 9.17) is 0 Å². The number of benzene rings is 4. The normalized spacial score (nSPS) is 15.6. The summed E-state index contributed by atoms with van der Waals surface area (Å²) in [6, 6.07) is 33.9. The summed E-state index contributed by atoms with van der Waals surface area (Å²) in [7, 11) is 0. The Labute approximate surface area is 304 Å². The largest absolute Gasteiger partial charge is 1.00 e. The number of halogens is 2. The van der Waals surface area contributed by atoms with Gasteiger partial charge < -0.3 is 24.8 Å². The topological polar surface area (TPSA) is 0 Å². The van der Waals surface area contributed by atoms with E-state index in [0.717, 1.165) is 0 Å². The molecule has 0 aliphatic heterocycles. The average Bonchev–Trinajstić information content (AvgIpc) is 3.43. The van der Waals surface area contributed by atoms with E-state index in [9.17, 15) is 0 Å². The maximum atomic E-state index is 2.54. The van der Waals surface area contributed by atoms with Gasteiger partial charge in [0.1, 0.15) is 0 Å². The molecule has 2 aliphatic rings. The summed E-state index contributed by atoms with van der Waals surface area (Å²) in [5.74, 6) is 0.459. The Hall–Kier alpha value is -2.31. The van der Waals surface area contributed by atoms with E-state index in [1.54, 1.807) is 23.2 Å². The molecule has 3 heteroatoms. The van der Waals surface area contributed by atoms with Crippen LogP contribution in [0.4, 0.5) is 0 Å². The molecular weight excluding hydrogens is 691 g/mol. The van der Waals surface area contributed by atoms with Gasteiger partial charge in [-0.1, -0.05) is 0 Å². The van der Waals surface area contributed by atoms with Crippen molar-refractivity contribution >= 4 is 3.21 Å². The van der Waals surface area contributed by atoms with E-state index in [1.165, 1.54) is 50.1 Å². The first-order chi connectivity index (χ1) is 21.1. The van der Waals surface area contributed by atoms with Crippen LogP contribution in [0.15, 0.2) is 105 Å². The first-order valence-electron chi connectivity index (χ1n) is 16.7. The second kappa shape index (κ2) is 13.9. The molecule has 1 unspecified atom stereocenters. The molecule has 0 amide bonds. The average molecular weight is 741 g/mol. The summed E-state index contributed by atoms with van der Waals surface area (Å²) in [5.41, 5.74) is 17.5. The molecule has 0 saturated heterocycles. The van der Waals surface area contributed by atoms with Gasteiger partial charge in [0.15, 0.2) is 0 Å². The first kappa shape index (κ1) is 37.5. The standard InChI is InChI=1S/C21H25.C15H14.C8H11.2ClH.Zr/c1-20(2,3)16-9-7-14-11-15-8-10-17(21(4,5)6)13-19(15)18(14)12-16;1-12-3-7-14(8-4-12)11-15-9-5-13(2)6-10-15;1-6-4-7(2)8(3)5-6;;;/h7-13H,1-6H3;3-10H,1-2H3;4,6H,1-3H3;2*1H;/q;;;;;+2/p-2. The number of hydrogen-bond acceptors (Lipinski definition) is 0. The van der Waals surface area contributed by atoms with Crippen molar-refractivity contribution in [3.63, 3.8) is 0 Å². The van der Waals surface area contributed by atoms with E-state index >= 15 is 0 Å². The van der Waals surface area contributed by atoms with Crippen LogP contribution in [0.25, 0.3) is 11.1 Å². The van der Waals surface area contributed by atoms with Gasteiger partial charge in [-0.15, -0.1) is 0 Å². The van der Waals surface area contributed by atoms with Crippen LogP contribution in [-0.2, 0) is 32.1 Å². The van der Waals surface area contributed by atoms with Crippen LogP contribution in [0, 0.1) is 19.8 Å². The van der Waals surface area contributed by atoms with Gasteiger partial charge in [-0.2, -0.15) is 0 Å². The van der Waals surface area contributed by atoms with Crippen molar-refractivity contribution in [1.29, 1.82) is 0 Å². The van der Waals surface area contributed by atoms with E-state index in [0.29, 0.717) is 9.54 Å². The molecule has 0 saturated carbocycles. The van der Waals surface area contributed by atoms with Gasteiger partial charge in [0, 0.05) is 0 Å². The van der Waals surface area contributed by atoms with Crippen LogP contribution in [0.2, 0.25) is 0 Å². The maximum Gasteiger partial charge on any atom is -1.00 e. The zero-order valence-corrected chi connectivity index (χ0v) is 34.0. The van der Waals surface area contributed by atoms with E-state index in [2.05, 4.69) is 167 Å². The molecule has 6 rings (SSSR count). The fourth-order valence-corrected chi connectivity index (χ4v) is 17.6. The van der Waals surface area contributed by atoms with Crippen LogP contribution in [0.1, 0.15) is 110 Å². The van der Waals surface area contributed by atoms with Crippen molar-refractivity contribution in [2.45, 2.75) is 90.6 Å². The summed E-state index contributed by atoms with van der Waals surface area (Å²) in [4.78, 5) is 0. The van der Waals surface area contributed by atoms with E-state index in [1.807, 2.05) is 0 Å². The fourth-order valence-electron chi connectivity index (χ4n) is 7.43. The molecule has 2 aliphatic carbocycles. The number of allylic oxidation sites excluding steroid dienone is 4. The van der Waals surface area contributed by atoms with Crippen molar-refractivity contribution in [3.05, 3.63) is 150 Å². The summed E-state index contributed by atoms with van der Waals surface area (Å²) >= 11 is -2.82. The molecule has 47 heavy (non-hydrogen) atoms. The third-order valence-corrected chi connectivity index (χ3v) is 19.4. The predicted octanol–water partition coefficient (Wildman–Crippen LogP) is 5.73. The van der Waals surface area contributed by atoms with Crippen LogP contribution < -0.4 is 24.8 Å². The molecule has 4 aromatic rings. The monoisotopic (exact) mass is 738 g/mol. The Bertz CT molecular complexity index is 1780. The van der Waals surface area contributed by atoms with Crippen molar-refractivity contribution < 1.29 is 46.1 Å². The summed E-state index contributed by atoms with van der Waals surface area (Å²) in [5, 5.41) is 0. The molecule has 0 fully saturated rings. The molecule has 0 radical (unpaired) electrons. The smallest absolute Gasteiger partial charge is 1.00 e. The van der Waals surface area contributed by atoms with Gasteiger partial charge in [-0.25, -0.2) is 0 Å². The third kappa shape index (κ3) is 7.06. The molecule has 0 heterocycles. The zero-order valence-electron chi connectivity index (χ0n) is 30.1. The minimum absolute atomic E-state index is 0. The van der Waals surface area contributed by atoms with Gasteiger partial charge in [0.25, 0.3) is 0 Å². The van der Waals surface area contributed by atoms with Crippen molar-refractivity contribution in [2.75, 3.05) is 0 Å². The summed E-state index contributed by atoms with van der Waals surface area (Å²) < 4.78 is 3.80. The Morgan fingerprint density at radius 3 is 1.32 bits per heavy atom. The van der Waals surface area contributed by atoms with Crippen LogP contribution in [0.3, 0.4) is 0 Å². The summed E-state index contributed by atoms with van der Waals surface area (Å²) in [6.07, 6.45) is 2.54. The van der Waals surface area contributed by atoms with E-state index in [-0.39, 0.29) is 35.6 Å². The Morgan fingerprint density at radius 1 is 0.574 bits per heavy atom. The van der Waals surface area contributed by atoms with Gasteiger partial charge in [-0.05, 0) is 0 Å². The fraction of sp³-hybridized carbons (Fsp3) is 0.341. The SMILES string of the molecule is CC1=CC(C)[C]([Zr+2](=[C](c2ccc(C)cc2)c2ccc(C)cc2)[CH]2c3ccc(C(C)(C)C)cc3-c3cc(C(C)(C)C)ccc32)=C1C.[Cl-].[Cl-]. The van der Waals surface area contributed by atoms with Crippen molar-refractivity contribution in [3.8, 4) is 11.1 Å². The molecule has 0 spiro atoms. The maximum absolute atomic E-state index is 2.82. The Morgan fingerprint density at radius 2 is 0.979 bits per heavy atom. The minimum atomic E-state index is -2.82. The quantitative estimate of drug-likeness (QED) is 0.251. The Kier molecular flexibility index (Phi) is 11.1. The first-order valence-corrected chi connectivity index (χ1v) is 20.6. The van der Waals surface area contributed by atoms with Gasteiger partial charge in [0.05, 0.1) is 0 Å². The van der Waals surface area contributed by atoms with Crippen LogP contribution in [0.5, 0.6) is 0 Å². The van der Waals surface area contributed by atoms with Crippen molar-refractivity contribution in [2.24, 2.45) is 5.92 Å². The number of aryl methyl sites for hydroxylation is 2. The Balaban J connectivity index is 0.00000250. The zero-order chi connectivity index (χ0) is 32.4. The molecule has 0 bridgehead atoms. The summed E-state index contributed by atoms with van der Waals surface area (Å²) in [6.45, 7) is 25.7. The van der Waals surface area contributed by atoms with Crippen LogP contribution >= 0.6 is 0 Å². The van der Waals surface area contributed by atoms with Gasteiger partial charge >= 0.3 is 282 Å². The molecule has 244 valence electrons. The molecule has 1 atom stereocenters. The second-order valence-electron chi connectivity index (χ2n) is 15.7. The molecule has 0 N–H and O–H groups in total. The third-order valence-electron chi connectivity index (χ3n) is 10.2. The minimum Gasteiger partial charge on any atom is -1.00 e. The molecule has 4 aromatic carbocycles. The second-order valence-corrected chi connectivity index (χ2v) is 21.7. The molecule has 0 nitrogen and oxygen atoms in total. The predicted molar refractivity (Wildman–Crippen MR) is 192 cm³/mol. The molecule has 0 aromatic heterocycles. The van der Waals surface area contributed by atoms with Gasteiger partial charge in [0.2, 0.25) is 0 Å². The van der Waals surface area contributed by atoms with Gasteiger partial charge in [-0.3, -0.25) is 0 Å². The molecular formula is C44H50Cl2Zr. The van der Waals surface area contributed by atoms with Crippen LogP contribution in [-0.4, -0.2) is 3.21 Å². The number of fused-ring (bicyclic) bond motifs is 3. The van der Waals surface area contributed by atoms with Crippen molar-refractivity contribution in [1.82, 2.24) is 0 Å². The van der Waals surface area contributed by atoms with E-state index < -0.39 is 21.3 Å². The number of rotatable bonds is 4. The number of hydrogen-bond donors (Lipinski definition) is 0.